The first-order chi connectivity index (χ1) is 13.8. The Bertz CT molecular complexity index is 873. The van der Waals surface area contributed by atoms with Gasteiger partial charge < -0.3 is 11.1 Å². The fraction of sp³-hybridized carbons (Fsp3) is 0.474. The van der Waals surface area contributed by atoms with E-state index in [2.05, 4.69) is 20.1 Å². The lowest BCUT2D eigenvalue weighted by Crippen LogP contribution is -2.48. The number of nitrogens with zero attached hydrogens (tertiary/aromatic N) is 3. The zero-order chi connectivity index (χ0) is 21.0. The summed E-state index contributed by atoms with van der Waals surface area (Å²) in [5.41, 5.74) is 5.65. The Morgan fingerprint density at radius 3 is 2.40 bits per heavy atom. The van der Waals surface area contributed by atoms with Crippen LogP contribution in [0.4, 0.5) is 18.9 Å². The van der Waals surface area contributed by atoms with E-state index in [1.807, 2.05) is 0 Å². The van der Waals surface area contributed by atoms with Gasteiger partial charge in [0.15, 0.2) is 0 Å². The summed E-state index contributed by atoms with van der Waals surface area (Å²) in [7, 11) is 0. The third-order valence-electron chi connectivity index (χ3n) is 4.97. The van der Waals surface area contributed by atoms with Gasteiger partial charge in [-0.2, -0.15) is 13.2 Å². The molecule has 0 spiro atoms. The number of benzene rings is 1. The molecule has 1 aliphatic heterocycles. The molecule has 2 aromatic rings. The summed E-state index contributed by atoms with van der Waals surface area (Å²) in [6.07, 6.45) is -4.01. The number of carbonyl (C=O) groups excluding carboxylic acids is 1. The number of piperazine rings is 1. The van der Waals surface area contributed by atoms with E-state index >= 15 is 0 Å². The minimum absolute atomic E-state index is 0. The van der Waals surface area contributed by atoms with Crippen molar-refractivity contribution in [2.24, 2.45) is 5.73 Å². The normalized spacial score (nSPS) is 15.8. The number of nitrogens with two attached hydrogens (primary N) is 1. The second-order valence-corrected chi connectivity index (χ2v) is 7.37. The minimum atomic E-state index is -4.97. The highest BCUT2D eigenvalue weighted by molar-refractivity contribution is 6.31. The molecule has 1 aromatic heterocycles. The highest BCUT2D eigenvalue weighted by Crippen LogP contribution is 2.32. The molecule has 0 unspecified atom stereocenters. The van der Waals surface area contributed by atoms with Crippen LogP contribution in [-0.2, 0) is 0 Å². The summed E-state index contributed by atoms with van der Waals surface area (Å²) in [6, 6.07) is 4.70. The second kappa shape index (κ2) is 10.6. The van der Waals surface area contributed by atoms with Crippen molar-refractivity contribution in [3.8, 4) is 0 Å². The number of rotatable bonds is 7. The molecule has 30 heavy (non-hydrogen) atoms. The van der Waals surface area contributed by atoms with Crippen LogP contribution in [0.2, 0.25) is 5.02 Å². The summed E-state index contributed by atoms with van der Waals surface area (Å²) < 4.78 is 39.1. The molecule has 11 heteroatoms. The molecule has 0 radical (unpaired) electrons. The highest BCUT2D eigenvalue weighted by Gasteiger charge is 2.41. The monoisotopic (exact) mass is 465 g/mol. The number of alkyl halides is 3. The van der Waals surface area contributed by atoms with E-state index in [0.29, 0.717) is 35.6 Å². The van der Waals surface area contributed by atoms with E-state index in [4.69, 9.17) is 17.3 Å². The molecule has 0 atom stereocenters. The molecule has 1 saturated heterocycles. The van der Waals surface area contributed by atoms with Gasteiger partial charge in [0.1, 0.15) is 0 Å². The lowest BCUT2D eigenvalue weighted by molar-refractivity contribution is -0.0884. The first kappa shape index (κ1) is 24.6. The van der Waals surface area contributed by atoms with Gasteiger partial charge in [0.05, 0.1) is 16.8 Å². The van der Waals surface area contributed by atoms with Gasteiger partial charge in [0.25, 0.3) is 5.78 Å². The van der Waals surface area contributed by atoms with Crippen molar-refractivity contribution in [1.29, 1.82) is 0 Å². The first-order valence-corrected chi connectivity index (χ1v) is 9.76. The molecule has 3 rings (SSSR count). The van der Waals surface area contributed by atoms with E-state index in [9.17, 15) is 18.0 Å². The topological polar surface area (TPSA) is 74.5 Å². The Morgan fingerprint density at radius 1 is 1.17 bits per heavy atom. The Hall–Kier alpha value is -1.65. The number of fused-ring (bicyclic) bond motifs is 1. The van der Waals surface area contributed by atoms with Crippen LogP contribution >= 0.6 is 24.0 Å². The smallest absolute Gasteiger partial charge is 0.383 e. The predicted molar refractivity (Wildman–Crippen MR) is 115 cm³/mol. The number of ketones is 1. The van der Waals surface area contributed by atoms with Crippen molar-refractivity contribution in [2.75, 3.05) is 57.7 Å². The highest BCUT2D eigenvalue weighted by atomic mass is 35.5. The minimum Gasteiger partial charge on any atom is -0.383 e. The van der Waals surface area contributed by atoms with E-state index in [1.165, 1.54) is 0 Å². The van der Waals surface area contributed by atoms with Gasteiger partial charge in [-0.25, -0.2) is 0 Å². The maximum atomic E-state index is 13.0. The number of aromatic nitrogens is 1. The van der Waals surface area contributed by atoms with Gasteiger partial charge in [-0.1, -0.05) is 11.6 Å². The fourth-order valence-electron chi connectivity index (χ4n) is 3.44. The molecular formula is C19H24Cl2F3N5O. The van der Waals surface area contributed by atoms with Gasteiger partial charge in [-0.3, -0.25) is 19.6 Å². The zero-order valence-electron chi connectivity index (χ0n) is 16.2. The number of nitrogens with one attached hydrogen (secondary N) is 1. The molecular weight excluding hydrogens is 442 g/mol. The molecule has 6 nitrogen and oxygen atoms in total. The Balaban J connectivity index is 0.00000320. The lowest BCUT2D eigenvalue weighted by atomic mass is 10.1. The molecule has 166 valence electrons. The second-order valence-electron chi connectivity index (χ2n) is 6.93. The van der Waals surface area contributed by atoms with Gasteiger partial charge in [0, 0.05) is 69.0 Å². The SMILES string of the molecule is Cl.NCCN1CCN(CCNc2c(C(=O)C(F)(F)F)cnc3cc(Cl)ccc23)CC1. The Morgan fingerprint density at radius 2 is 1.80 bits per heavy atom. The summed E-state index contributed by atoms with van der Waals surface area (Å²) in [6.45, 7) is 6.07. The number of hydrogen-bond acceptors (Lipinski definition) is 6. The van der Waals surface area contributed by atoms with Crippen LogP contribution in [-0.4, -0.2) is 79.1 Å². The van der Waals surface area contributed by atoms with E-state index in [0.717, 1.165) is 38.9 Å². The van der Waals surface area contributed by atoms with E-state index < -0.39 is 17.5 Å². The van der Waals surface area contributed by atoms with Crippen LogP contribution in [0.15, 0.2) is 24.4 Å². The van der Waals surface area contributed by atoms with Crippen molar-refractivity contribution in [3.05, 3.63) is 35.0 Å². The molecule has 2 heterocycles. The average Bonchev–Trinajstić information content (AvgIpc) is 2.68. The third kappa shape index (κ3) is 5.95. The molecule has 0 bridgehead atoms. The Kier molecular flexibility index (Phi) is 8.69. The average molecular weight is 466 g/mol. The molecule has 3 N–H and O–H groups in total. The molecule has 1 fully saturated rings. The van der Waals surface area contributed by atoms with Crippen LogP contribution in [0, 0.1) is 0 Å². The molecule has 0 aliphatic carbocycles. The lowest BCUT2D eigenvalue weighted by Gasteiger charge is -2.34. The standard InChI is InChI=1S/C19H23ClF3N5O.ClH/c20-13-1-2-14-16(11-13)26-12-15(18(29)19(21,22)23)17(14)25-4-6-28-9-7-27(5-3-24)8-10-28;/h1-2,11-12H,3-10,24H2,(H,25,26);1H. The molecule has 1 aliphatic rings. The van der Waals surface area contributed by atoms with Crippen molar-refractivity contribution in [2.45, 2.75) is 6.18 Å². The zero-order valence-corrected chi connectivity index (χ0v) is 17.8. The number of halogens is 5. The summed E-state index contributed by atoms with van der Waals surface area (Å²) in [5.74, 6) is -1.92. The number of anilines is 1. The first-order valence-electron chi connectivity index (χ1n) is 9.38. The summed E-state index contributed by atoms with van der Waals surface area (Å²) >= 11 is 5.96. The molecule has 0 amide bonds. The number of pyridine rings is 1. The predicted octanol–water partition coefficient (Wildman–Crippen LogP) is 3.04. The van der Waals surface area contributed by atoms with Gasteiger partial charge >= 0.3 is 6.18 Å². The van der Waals surface area contributed by atoms with Crippen molar-refractivity contribution in [1.82, 2.24) is 14.8 Å². The number of Topliss-reactive ketones (excluding diaryl/α,β-unsaturated/α-hetero) is 1. The van der Waals surface area contributed by atoms with Gasteiger partial charge in [0.2, 0.25) is 0 Å². The molecule has 0 saturated carbocycles. The van der Waals surface area contributed by atoms with Gasteiger partial charge in [-0.05, 0) is 18.2 Å². The van der Waals surface area contributed by atoms with Crippen LogP contribution in [0.3, 0.4) is 0 Å². The van der Waals surface area contributed by atoms with Gasteiger partial charge in [-0.15, -0.1) is 12.4 Å². The number of hydrogen-bond donors (Lipinski definition) is 2. The van der Waals surface area contributed by atoms with Crippen molar-refractivity contribution in [3.63, 3.8) is 0 Å². The third-order valence-corrected chi connectivity index (χ3v) is 5.21. The largest absolute Gasteiger partial charge is 0.455 e. The maximum Gasteiger partial charge on any atom is 0.455 e. The van der Waals surface area contributed by atoms with E-state index in [-0.39, 0.29) is 18.1 Å². The quantitative estimate of drug-likeness (QED) is 0.612. The maximum absolute atomic E-state index is 13.0. The number of carbonyl (C=O) groups is 1. The van der Waals surface area contributed by atoms with Crippen molar-refractivity contribution >= 4 is 46.4 Å². The van der Waals surface area contributed by atoms with E-state index in [1.54, 1.807) is 18.2 Å². The summed E-state index contributed by atoms with van der Waals surface area (Å²) in [5, 5.41) is 3.88. The molecule has 1 aromatic carbocycles. The van der Waals surface area contributed by atoms with Crippen molar-refractivity contribution < 1.29 is 18.0 Å². The Labute approximate surface area is 184 Å². The van der Waals surface area contributed by atoms with Crippen LogP contribution < -0.4 is 11.1 Å². The fourth-order valence-corrected chi connectivity index (χ4v) is 3.61. The summed E-state index contributed by atoms with van der Waals surface area (Å²) in [4.78, 5) is 20.4. The van der Waals surface area contributed by atoms with Crippen LogP contribution in [0.25, 0.3) is 10.9 Å². The van der Waals surface area contributed by atoms with Crippen LogP contribution in [0.5, 0.6) is 0 Å². The van der Waals surface area contributed by atoms with Crippen LogP contribution in [0.1, 0.15) is 10.4 Å².